The third-order valence-corrected chi connectivity index (χ3v) is 9.47. The summed E-state index contributed by atoms with van der Waals surface area (Å²) >= 11 is 0. The average molecular weight is 593 g/mol. The van der Waals surface area contributed by atoms with Crippen LogP contribution in [0.1, 0.15) is 42.5 Å². The van der Waals surface area contributed by atoms with Crippen molar-refractivity contribution in [2.75, 3.05) is 43.1 Å². The molecule has 8 nitrogen and oxygen atoms in total. The van der Waals surface area contributed by atoms with Crippen molar-refractivity contribution >= 4 is 22.3 Å². The van der Waals surface area contributed by atoms with Gasteiger partial charge in [-0.2, -0.15) is 0 Å². The Hall–Kier alpha value is -4.17. The molecule has 2 aliphatic heterocycles. The molecule has 0 N–H and O–H groups in total. The van der Waals surface area contributed by atoms with Gasteiger partial charge in [-0.15, -0.1) is 0 Å². The van der Waals surface area contributed by atoms with Gasteiger partial charge >= 0.3 is 0 Å². The number of nitrogens with zero attached hydrogens (tertiary/aromatic N) is 6. The summed E-state index contributed by atoms with van der Waals surface area (Å²) in [5.74, 6) is 1.28. The van der Waals surface area contributed by atoms with Gasteiger partial charge in [-0.1, -0.05) is 6.58 Å². The predicted octanol–water partition coefficient (Wildman–Crippen LogP) is 5.68. The first kappa shape index (κ1) is 29.9. The summed E-state index contributed by atoms with van der Waals surface area (Å²) in [6.07, 6.45) is 11.9. The van der Waals surface area contributed by atoms with Gasteiger partial charge in [-0.3, -0.25) is 19.7 Å². The van der Waals surface area contributed by atoms with E-state index in [0.29, 0.717) is 18.5 Å². The summed E-state index contributed by atoms with van der Waals surface area (Å²) in [6.45, 7) is 11.3. The first-order valence-electron chi connectivity index (χ1n) is 15.8. The molecule has 0 aliphatic carbocycles. The number of benzene rings is 1. The minimum atomic E-state index is 0.121. The van der Waals surface area contributed by atoms with E-state index in [4.69, 9.17) is 4.74 Å². The maximum absolute atomic E-state index is 14.0. The maximum Gasteiger partial charge on any atom is 0.193 e. The highest BCUT2D eigenvalue weighted by Crippen LogP contribution is 2.30. The lowest BCUT2D eigenvalue weighted by molar-refractivity contribution is 0.158. The molecule has 0 spiro atoms. The Morgan fingerprint density at radius 3 is 2.61 bits per heavy atom. The summed E-state index contributed by atoms with van der Waals surface area (Å²) < 4.78 is 7.53. The van der Waals surface area contributed by atoms with Crippen LogP contribution in [0.4, 0.5) is 11.4 Å². The van der Waals surface area contributed by atoms with Gasteiger partial charge in [0.1, 0.15) is 0 Å². The first-order chi connectivity index (χ1) is 21.4. The number of fused-ring (bicyclic) bond motifs is 1. The summed E-state index contributed by atoms with van der Waals surface area (Å²) in [6, 6.07) is 15.0. The van der Waals surface area contributed by atoms with Crippen LogP contribution in [0.15, 0.2) is 84.4 Å². The highest BCUT2D eigenvalue weighted by atomic mass is 16.5. The van der Waals surface area contributed by atoms with Crippen molar-refractivity contribution in [3.63, 3.8) is 0 Å². The molecule has 1 atom stereocenters. The number of allylic oxidation sites excluding steroid dienone is 1. The van der Waals surface area contributed by atoms with Crippen LogP contribution in [-0.2, 0) is 24.9 Å². The topological polar surface area (TPSA) is 66.7 Å². The Kier molecular flexibility index (Phi) is 8.98. The second-order valence-electron chi connectivity index (χ2n) is 12.4. The molecule has 1 aromatic carbocycles. The second-order valence-corrected chi connectivity index (χ2v) is 12.4. The minimum absolute atomic E-state index is 0.121. The Bertz CT molecular complexity index is 1660. The summed E-state index contributed by atoms with van der Waals surface area (Å²) in [5, 5.41) is 0.775. The van der Waals surface area contributed by atoms with Crippen molar-refractivity contribution < 1.29 is 4.74 Å². The molecule has 8 heteroatoms. The van der Waals surface area contributed by atoms with Crippen LogP contribution in [0, 0.1) is 12.8 Å². The van der Waals surface area contributed by atoms with E-state index in [9.17, 15) is 4.79 Å². The molecule has 0 saturated carbocycles. The molecule has 0 radical (unpaired) electrons. The van der Waals surface area contributed by atoms with Crippen molar-refractivity contribution in [3.05, 3.63) is 107 Å². The molecule has 0 unspecified atom stereocenters. The zero-order valence-corrected chi connectivity index (χ0v) is 26.3. The highest BCUT2D eigenvalue weighted by molar-refractivity contribution is 5.83. The number of rotatable bonds is 9. The van der Waals surface area contributed by atoms with Crippen LogP contribution in [0.3, 0.4) is 0 Å². The van der Waals surface area contributed by atoms with E-state index < -0.39 is 0 Å². The largest absolute Gasteiger partial charge is 0.501 e. The van der Waals surface area contributed by atoms with Gasteiger partial charge in [0, 0.05) is 99.2 Å². The van der Waals surface area contributed by atoms with Crippen LogP contribution in [0.25, 0.3) is 10.9 Å². The number of anilines is 2. The minimum Gasteiger partial charge on any atom is -0.501 e. The van der Waals surface area contributed by atoms with E-state index in [2.05, 4.69) is 79.4 Å². The quantitative estimate of drug-likeness (QED) is 0.232. The van der Waals surface area contributed by atoms with E-state index >= 15 is 0 Å². The fourth-order valence-corrected chi connectivity index (χ4v) is 6.97. The molecule has 2 saturated heterocycles. The Labute approximate surface area is 260 Å². The van der Waals surface area contributed by atoms with E-state index in [1.54, 1.807) is 7.11 Å². The Balaban J connectivity index is 1.26. The van der Waals surface area contributed by atoms with Crippen molar-refractivity contribution in [1.82, 2.24) is 19.4 Å². The van der Waals surface area contributed by atoms with Crippen LogP contribution >= 0.6 is 0 Å². The molecule has 5 heterocycles. The average Bonchev–Trinajstić information content (AvgIpc) is 3.06. The molecule has 44 heavy (non-hydrogen) atoms. The van der Waals surface area contributed by atoms with E-state index in [-0.39, 0.29) is 5.43 Å². The van der Waals surface area contributed by atoms with Crippen LogP contribution < -0.4 is 15.2 Å². The SMILES string of the molecule is C=C(OC)C1CCN(c2ccc3c(=O)c(CN(Cc4ccnc(C)c4)[C@H]4CCCN(c5cccnc5)C4)cn(C)c3c2)CC1. The molecule has 4 aromatic rings. The fraction of sp³-hybridized carbons (Fsp3) is 0.417. The van der Waals surface area contributed by atoms with Gasteiger partial charge < -0.3 is 19.1 Å². The molecule has 3 aromatic heterocycles. The van der Waals surface area contributed by atoms with Crippen molar-refractivity contribution in [2.24, 2.45) is 13.0 Å². The van der Waals surface area contributed by atoms with Gasteiger partial charge in [-0.25, -0.2) is 0 Å². The molecule has 2 aliphatic rings. The van der Waals surface area contributed by atoms with Crippen molar-refractivity contribution in [1.29, 1.82) is 0 Å². The number of piperidine rings is 2. The zero-order chi connectivity index (χ0) is 30.6. The smallest absolute Gasteiger partial charge is 0.193 e. The van der Waals surface area contributed by atoms with Gasteiger partial charge in [0.25, 0.3) is 0 Å². The Morgan fingerprint density at radius 1 is 1.02 bits per heavy atom. The maximum atomic E-state index is 14.0. The fourth-order valence-electron chi connectivity index (χ4n) is 6.97. The Morgan fingerprint density at radius 2 is 1.86 bits per heavy atom. The monoisotopic (exact) mass is 592 g/mol. The van der Waals surface area contributed by atoms with Crippen molar-refractivity contribution in [3.8, 4) is 0 Å². The molecular weight excluding hydrogens is 548 g/mol. The number of aryl methyl sites for hydroxylation is 2. The first-order valence-corrected chi connectivity index (χ1v) is 15.8. The highest BCUT2D eigenvalue weighted by Gasteiger charge is 2.27. The van der Waals surface area contributed by atoms with Gasteiger partial charge in [0.2, 0.25) is 0 Å². The van der Waals surface area contributed by atoms with Gasteiger partial charge in [0.05, 0.1) is 30.3 Å². The number of methoxy groups -OCH3 is 1. The lowest BCUT2D eigenvalue weighted by Crippen LogP contribution is -2.48. The summed E-state index contributed by atoms with van der Waals surface area (Å²) in [5.41, 5.74) is 6.46. The van der Waals surface area contributed by atoms with E-state index in [1.807, 2.05) is 37.6 Å². The standard InChI is InChI=1S/C36H44N6O2/c1-26-19-28(11-15-38-26)22-42(33-8-6-16-41(25-33)32-7-5-14-37-21-32)24-30-23-39(3)35-20-31(9-10-34(35)36(30)43)40-17-12-29(13-18-40)27(2)44-4/h5,7,9-11,14-15,19-21,23,29,33H,2,6,8,12-13,16-18,22,24-25H2,1,3-4H3/t33-/m0/s1. The number of ether oxygens (including phenoxy) is 1. The molecule has 0 amide bonds. The molecular formula is C36H44N6O2. The van der Waals surface area contributed by atoms with E-state index in [0.717, 1.165) is 97.7 Å². The second kappa shape index (κ2) is 13.2. The zero-order valence-electron chi connectivity index (χ0n) is 26.3. The van der Waals surface area contributed by atoms with E-state index in [1.165, 1.54) is 5.56 Å². The van der Waals surface area contributed by atoms with Crippen molar-refractivity contribution in [2.45, 2.75) is 51.7 Å². The molecule has 0 bridgehead atoms. The summed E-state index contributed by atoms with van der Waals surface area (Å²) in [4.78, 5) is 30.1. The molecule has 6 rings (SSSR count). The van der Waals surface area contributed by atoms with Crippen LogP contribution in [-0.4, -0.2) is 58.8 Å². The van der Waals surface area contributed by atoms with Gasteiger partial charge in [0.15, 0.2) is 5.43 Å². The van der Waals surface area contributed by atoms with Crippen LogP contribution in [0.5, 0.6) is 0 Å². The van der Waals surface area contributed by atoms with Gasteiger partial charge in [-0.05, 0) is 80.6 Å². The predicted molar refractivity (Wildman–Crippen MR) is 178 cm³/mol. The number of hydrogen-bond donors (Lipinski definition) is 0. The molecule has 2 fully saturated rings. The number of hydrogen-bond acceptors (Lipinski definition) is 7. The lowest BCUT2D eigenvalue weighted by atomic mass is 9.95. The van der Waals surface area contributed by atoms with Crippen LogP contribution in [0.2, 0.25) is 0 Å². The number of aromatic nitrogens is 3. The molecule has 230 valence electrons. The third kappa shape index (κ3) is 6.50. The normalized spacial score (nSPS) is 17.8. The number of pyridine rings is 3. The third-order valence-electron chi connectivity index (χ3n) is 9.47. The lowest BCUT2D eigenvalue weighted by Gasteiger charge is -2.40. The summed E-state index contributed by atoms with van der Waals surface area (Å²) in [7, 11) is 3.77.